The van der Waals surface area contributed by atoms with Crippen molar-refractivity contribution in [1.29, 1.82) is 0 Å². The summed E-state index contributed by atoms with van der Waals surface area (Å²) in [6.07, 6.45) is 6.14. The second kappa shape index (κ2) is 12.8. The molecule has 5 aromatic rings. The number of carbonyl (C=O) groups is 1. The van der Waals surface area contributed by atoms with Crippen LogP contribution in [0.5, 0.6) is 0 Å². The first-order valence-corrected chi connectivity index (χ1v) is 15.2. The molecule has 6 nitrogen and oxygen atoms in total. The Bertz CT molecular complexity index is 1510. The molecular formula is C35H36N4O2S. The van der Waals surface area contributed by atoms with Crippen LogP contribution in [-0.2, 0) is 22.4 Å². The van der Waals surface area contributed by atoms with Crippen LogP contribution < -0.4 is 11.1 Å². The third-order valence-corrected chi connectivity index (χ3v) is 8.81. The van der Waals surface area contributed by atoms with Gasteiger partial charge in [-0.2, -0.15) is 0 Å². The van der Waals surface area contributed by atoms with Crippen LogP contribution >= 0.6 is 11.8 Å². The summed E-state index contributed by atoms with van der Waals surface area (Å²) in [6.45, 7) is 2.35. The summed E-state index contributed by atoms with van der Waals surface area (Å²) in [7, 11) is 0. The minimum absolute atomic E-state index is 0.210. The molecule has 0 amide bonds. The van der Waals surface area contributed by atoms with Crippen molar-refractivity contribution in [1.82, 2.24) is 14.9 Å². The number of hydrogen-bond acceptors (Lipinski definition) is 5. The standard InChI is InChI=1S/C35H36N4O2S/c1-26-14-12-13-21-31(26)34(36,33(40)41)22-32(42-2)37-23-30-24-39(25-38-30)35(27-15-6-3-7-16-27,28-17-8-4-9-18-28)29-19-10-5-11-20-29/h3-21,24-25,32,37H,22-23,36H2,1-2H3,(H,40,41)/t32?,34-/m1/s1. The number of nitrogens with one attached hydrogen (secondary N) is 1. The predicted octanol–water partition coefficient (Wildman–Crippen LogP) is 6.14. The molecule has 1 unspecified atom stereocenters. The van der Waals surface area contributed by atoms with Gasteiger partial charge in [0.15, 0.2) is 0 Å². The molecule has 0 aliphatic carbocycles. The van der Waals surface area contributed by atoms with Crippen LogP contribution in [0.1, 0.15) is 39.9 Å². The Balaban J connectivity index is 1.48. The third kappa shape index (κ3) is 5.63. The van der Waals surface area contributed by atoms with Gasteiger partial charge >= 0.3 is 5.97 Å². The Kier molecular flexibility index (Phi) is 8.92. The Labute approximate surface area is 251 Å². The van der Waals surface area contributed by atoms with Crippen LogP contribution in [0.15, 0.2) is 128 Å². The van der Waals surface area contributed by atoms with Gasteiger partial charge in [-0.05, 0) is 41.0 Å². The van der Waals surface area contributed by atoms with E-state index in [0.717, 1.165) is 27.9 Å². The van der Waals surface area contributed by atoms with E-state index in [-0.39, 0.29) is 11.8 Å². The fourth-order valence-electron chi connectivity index (χ4n) is 5.76. The minimum Gasteiger partial charge on any atom is -0.480 e. The van der Waals surface area contributed by atoms with Crippen LogP contribution in [0.2, 0.25) is 0 Å². The van der Waals surface area contributed by atoms with Gasteiger partial charge in [-0.3, -0.25) is 5.32 Å². The van der Waals surface area contributed by atoms with Gasteiger partial charge < -0.3 is 15.4 Å². The number of imidazole rings is 1. The van der Waals surface area contributed by atoms with E-state index >= 15 is 0 Å². The Morgan fingerprint density at radius 3 is 1.86 bits per heavy atom. The first kappa shape index (κ1) is 29.3. The molecule has 4 aromatic carbocycles. The number of rotatable bonds is 12. The summed E-state index contributed by atoms with van der Waals surface area (Å²) in [6, 6.07) is 38.8. The molecule has 0 fully saturated rings. The van der Waals surface area contributed by atoms with Crippen LogP contribution in [0.3, 0.4) is 0 Å². The first-order valence-electron chi connectivity index (χ1n) is 13.9. The van der Waals surface area contributed by atoms with E-state index in [9.17, 15) is 9.90 Å². The zero-order chi connectivity index (χ0) is 29.6. The number of thioether (sulfide) groups is 1. The summed E-state index contributed by atoms with van der Waals surface area (Å²) in [4.78, 5) is 17.3. The minimum atomic E-state index is -1.52. The molecule has 7 heteroatoms. The highest BCUT2D eigenvalue weighted by Crippen LogP contribution is 2.40. The molecule has 0 aliphatic rings. The van der Waals surface area contributed by atoms with Gasteiger partial charge in [0, 0.05) is 19.2 Å². The summed E-state index contributed by atoms with van der Waals surface area (Å²) in [5.41, 5.74) is 10.1. The zero-order valence-electron chi connectivity index (χ0n) is 23.9. The summed E-state index contributed by atoms with van der Waals surface area (Å²) >= 11 is 1.55. The van der Waals surface area contributed by atoms with Crippen molar-refractivity contribution in [3.63, 3.8) is 0 Å². The quantitative estimate of drug-likeness (QED) is 0.122. The molecule has 1 aromatic heterocycles. The van der Waals surface area contributed by atoms with Gasteiger partial charge in [-0.1, -0.05) is 115 Å². The molecule has 2 atom stereocenters. The zero-order valence-corrected chi connectivity index (χ0v) is 24.7. The van der Waals surface area contributed by atoms with E-state index in [1.807, 2.05) is 55.9 Å². The molecule has 0 bridgehead atoms. The van der Waals surface area contributed by atoms with Gasteiger partial charge in [0.05, 0.1) is 17.4 Å². The van der Waals surface area contributed by atoms with Gasteiger partial charge in [0.2, 0.25) is 0 Å². The number of carboxylic acids is 1. The number of aliphatic carboxylic acids is 1. The molecule has 4 N–H and O–H groups in total. The van der Waals surface area contributed by atoms with Crippen molar-refractivity contribution in [3.05, 3.63) is 161 Å². The first-order chi connectivity index (χ1) is 20.4. The van der Waals surface area contributed by atoms with Crippen LogP contribution in [0.4, 0.5) is 0 Å². The second-order valence-corrected chi connectivity index (χ2v) is 11.5. The number of carboxylic acid groups (broad SMARTS) is 1. The molecule has 0 spiro atoms. The van der Waals surface area contributed by atoms with E-state index < -0.39 is 17.0 Å². The summed E-state index contributed by atoms with van der Waals surface area (Å²) in [5, 5.41) is 13.5. The maximum absolute atomic E-state index is 12.4. The largest absolute Gasteiger partial charge is 0.480 e. The second-order valence-electron chi connectivity index (χ2n) is 10.5. The average Bonchev–Trinajstić information content (AvgIpc) is 3.50. The van der Waals surface area contributed by atoms with Crippen LogP contribution in [-0.4, -0.2) is 32.3 Å². The Hall–Kier alpha value is -4.17. The SMILES string of the molecule is CSC(C[C@](N)(C(=O)O)c1ccccc1C)NCc1cn(C(c2ccccc2)(c2ccccc2)c2ccccc2)cn1. The lowest BCUT2D eigenvalue weighted by atomic mass is 9.77. The lowest BCUT2D eigenvalue weighted by molar-refractivity contribution is -0.144. The molecule has 0 saturated heterocycles. The van der Waals surface area contributed by atoms with Crippen molar-refractivity contribution in [3.8, 4) is 0 Å². The molecule has 5 rings (SSSR count). The van der Waals surface area contributed by atoms with Gasteiger partial charge in [-0.15, -0.1) is 11.8 Å². The van der Waals surface area contributed by atoms with Crippen molar-refractivity contribution >= 4 is 17.7 Å². The van der Waals surface area contributed by atoms with Crippen LogP contribution in [0.25, 0.3) is 0 Å². The monoisotopic (exact) mass is 576 g/mol. The molecule has 214 valence electrons. The fourth-order valence-corrected chi connectivity index (χ4v) is 6.44. The van der Waals surface area contributed by atoms with E-state index in [2.05, 4.69) is 88.9 Å². The number of nitrogens with two attached hydrogens (primary N) is 1. The predicted molar refractivity (Wildman–Crippen MR) is 170 cm³/mol. The number of hydrogen-bond donors (Lipinski definition) is 3. The maximum Gasteiger partial charge on any atom is 0.328 e. The smallest absolute Gasteiger partial charge is 0.328 e. The molecule has 42 heavy (non-hydrogen) atoms. The molecule has 1 heterocycles. The van der Waals surface area contributed by atoms with E-state index in [1.54, 1.807) is 17.8 Å². The van der Waals surface area contributed by atoms with E-state index in [0.29, 0.717) is 12.1 Å². The van der Waals surface area contributed by atoms with Crippen LogP contribution in [0, 0.1) is 6.92 Å². The fraction of sp³-hybridized carbons (Fsp3) is 0.200. The van der Waals surface area contributed by atoms with Gasteiger partial charge in [-0.25, -0.2) is 9.78 Å². The highest BCUT2D eigenvalue weighted by atomic mass is 32.2. The average molecular weight is 577 g/mol. The Morgan fingerprint density at radius 2 is 1.38 bits per heavy atom. The van der Waals surface area contributed by atoms with E-state index in [4.69, 9.17) is 10.7 Å². The van der Waals surface area contributed by atoms with Crippen molar-refractivity contribution < 1.29 is 9.90 Å². The molecule has 0 aliphatic heterocycles. The molecule has 0 saturated carbocycles. The van der Waals surface area contributed by atoms with Crippen molar-refractivity contribution in [2.24, 2.45) is 5.73 Å². The highest BCUT2D eigenvalue weighted by Gasteiger charge is 2.40. The van der Waals surface area contributed by atoms with Gasteiger partial charge in [0.1, 0.15) is 11.1 Å². The van der Waals surface area contributed by atoms with E-state index in [1.165, 1.54) is 0 Å². The number of aryl methyl sites for hydroxylation is 1. The number of nitrogens with zero attached hydrogens (tertiary/aromatic N) is 2. The number of benzene rings is 4. The lowest BCUT2D eigenvalue weighted by Gasteiger charge is -2.37. The topological polar surface area (TPSA) is 93.2 Å². The molecular weight excluding hydrogens is 540 g/mol. The third-order valence-electron chi connectivity index (χ3n) is 7.91. The molecule has 0 radical (unpaired) electrons. The van der Waals surface area contributed by atoms with Crippen molar-refractivity contribution in [2.75, 3.05) is 6.26 Å². The summed E-state index contributed by atoms with van der Waals surface area (Å²) < 4.78 is 2.18. The highest BCUT2D eigenvalue weighted by molar-refractivity contribution is 7.99. The Morgan fingerprint density at radius 1 is 0.881 bits per heavy atom. The normalized spacial score (nSPS) is 13.8. The number of aromatic nitrogens is 2. The lowest BCUT2D eigenvalue weighted by Crippen LogP contribution is -2.49. The maximum atomic E-state index is 12.4. The van der Waals surface area contributed by atoms with Crippen molar-refractivity contribution in [2.45, 2.75) is 36.3 Å². The van der Waals surface area contributed by atoms with Gasteiger partial charge in [0.25, 0.3) is 0 Å². The summed E-state index contributed by atoms with van der Waals surface area (Å²) in [5.74, 6) is -1.04.